The van der Waals surface area contributed by atoms with Gasteiger partial charge in [-0.25, -0.2) is 0 Å². The Balaban J connectivity index is 1.33. The van der Waals surface area contributed by atoms with Gasteiger partial charge in [-0.1, -0.05) is 6.07 Å². The Kier molecular flexibility index (Phi) is 8.96. The summed E-state index contributed by atoms with van der Waals surface area (Å²) in [5.41, 5.74) is 0.154. The molecule has 16 heteroatoms. The standard InChI is InChI=1S/C27H32O16/c28-7-17-20(33)22(35)24(37)26(42-17)39-10-4-12(31)19-13(32)6-15(40-16(19)5-10)9-1-2-14(11(30)3-9)41-27-25(38)23(36)21(34)18(8-29)43-27/h1-5,15,17-18,20-31,33-38H,6-8H2/t15-,17+,18+,20+,21+,22-,23-,24+,25+,26+,27+/m0/s1. The molecule has 2 aromatic rings. The number of aromatic hydroxyl groups is 2. The number of carbonyl (C=O) groups excluding carboxylic acids is 1. The molecular formula is C27H32O16. The quantitative estimate of drug-likeness (QED) is 0.151. The summed E-state index contributed by atoms with van der Waals surface area (Å²) in [6, 6.07) is 6.24. The number of aliphatic hydroxyl groups excluding tert-OH is 8. The molecule has 2 saturated heterocycles. The van der Waals surface area contributed by atoms with Gasteiger partial charge in [0.1, 0.15) is 77.7 Å². The molecule has 2 fully saturated rings. The Morgan fingerprint density at radius 1 is 0.721 bits per heavy atom. The predicted molar refractivity (Wildman–Crippen MR) is 137 cm³/mol. The van der Waals surface area contributed by atoms with E-state index in [9.17, 15) is 55.9 Å². The number of carbonyl (C=O) groups is 1. The lowest BCUT2D eigenvalue weighted by atomic mass is 9.95. The average Bonchev–Trinajstić information content (AvgIpc) is 2.98. The molecule has 0 aromatic heterocycles. The van der Waals surface area contributed by atoms with E-state index in [1.807, 2.05) is 0 Å². The Bertz CT molecular complexity index is 1320. The summed E-state index contributed by atoms with van der Waals surface area (Å²) in [6.45, 7) is -1.35. The summed E-state index contributed by atoms with van der Waals surface area (Å²) in [5, 5.41) is 100. The first kappa shape index (κ1) is 31.1. The van der Waals surface area contributed by atoms with Gasteiger partial charge in [-0.05, 0) is 17.7 Å². The van der Waals surface area contributed by atoms with Gasteiger partial charge in [0.05, 0.1) is 19.6 Å². The smallest absolute Gasteiger partial charge is 0.229 e. The zero-order valence-corrected chi connectivity index (χ0v) is 22.3. The third-order valence-corrected chi connectivity index (χ3v) is 7.52. The summed E-state index contributed by atoms with van der Waals surface area (Å²) >= 11 is 0. The molecule has 0 saturated carbocycles. The molecule has 0 radical (unpaired) electrons. The molecule has 3 heterocycles. The monoisotopic (exact) mass is 612 g/mol. The zero-order chi connectivity index (χ0) is 31.2. The Morgan fingerprint density at radius 2 is 1.30 bits per heavy atom. The predicted octanol–water partition coefficient (Wildman–Crippen LogP) is -2.84. The van der Waals surface area contributed by atoms with Crippen molar-refractivity contribution in [3.05, 3.63) is 41.5 Å². The Hall–Kier alpha value is -3.29. The maximum Gasteiger partial charge on any atom is 0.229 e. The van der Waals surface area contributed by atoms with Gasteiger partial charge in [-0.15, -0.1) is 0 Å². The highest BCUT2D eigenvalue weighted by atomic mass is 16.7. The van der Waals surface area contributed by atoms with E-state index in [0.29, 0.717) is 5.56 Å². The third-order valence-electron chi connectivity index (χ3n) is 7.52. The van der Waals surface area contributed by atoms with Crippen LogP contribution in [-0.2, 0) is 9.47 Å². The van der Waals surface area contributed by atoms with Crippen LogP contribution in [0.15, 0.2) is 30.3 Å². The number of ether oxygens (including phenoxy) is 5. The fourth-order valence-corrected chi connectivity index (χ4v) is 5.09. The number of rotatable bonds is 7. The van der Waals surface area contributed by atoms with Gasteiger partial charge in [0.2, 0.25) is 12.6 Å². The first-order valence-corrected chi connectivity index (χ1v) is 13.3. The topological polar surface area (TPSA) is 266 Å². The molecule has 0 bridgehead atoms. The molecule has 16 nitrogen and oxygen atoms in total. The van der Waals surface area contributed by atoms with E-state index >= 15 is 0 Å². The van der Waals surface area contributed by atoms with E-state index in [4.69, 9.17) is 23.7 Å². The minimum atomic E-state index is -1.72. The van der Waals surface area contributed by atoms with Crippen LogP contribution in [0.1, 0.15) is 28.4 Å². The number of fused-ring (bicyclic) bond motifs is 1. The highest BCUT2D eigenvalue weighted by molar-refractivity contribution is 6.02. The second-order valence-corrected chi connectivity index (χ2v) is 10.4. The lowest BCUT2D eigenvalue weighted by Crippen LogP contribution is -2.60. The Labute approximate surface area is 243 Å². The molecule has 0 aliphatic carbocycles. The second-order valence-electron chi connectivity index (χ2n) is 10.4. The molecule has 0 amide bonds. The molecule has 5 rings (SSSR count). The minimum Gasteiger partial charge on any atom is -0.507 e. The van der Waals surface area contributed by atoms with Crippen molar-refractivity contribution in [3.63, 3.8) is 0 Å². The van der Waals surface area contributed by atoms with E-state index in [1.54, 1.807) is 0 Å². The van der Waals surface area contributed by atoms with Crippen molar-refractivity contribution in [1.82, 2.24) is 0 Å². The number of ketones is 1. The first-order valence-electron chi connectivity index (χ1n) is 13.3. The Morgan fingerprint density at radius 3 is 1.86 bits per heavy atom. The first-order chi connectivity index (χ1) is 20.4. The summed E-state index contributed by atoms with van der Waals surface area (Å²) in [4.78, 5) is 12.9. The SMILES string of the molecule is O=C1C[C@@H](c2ccc(O[C@@H]3O[C@H](CO)[C@@H](O)[C@H](O)[C@H]3O)c(O)c2)Oc2cc(O[C@@H]3O[C@H](CO)[C@@H](O)[C@H](O)[C@H]3O)cc(O)c21. The minimum absolute atomic E-state index is 0.109. The van der Waals surface area contributed by atoms with Crippen molar-refractivity contribution in [2.75, 3.05) is 13.2 Å². The normalized spacial score (nSPS) is 36.0. The summed E-state index contributed by atoms with van der Waals surface area (Å²) < 4.78 is 27.5. The number of benzene rings is 2. The molecule has 3 aliphatic rings. The third kappa shape index (κ3) is 5.94. The maximum absolute atomic E-state index is 12.9. The van der Waals surface area contributed by atoms with Gasteiger partial charge in [0.15, 0.2) is 17.3 Å². The number of Topliss-reactive ketones (excluding diaryl/α,β-unsaturated/α-hetero) is 1. The van der Waals surface area contributed by atoms with Crippen molar-refractivity contribution >= 4 is 5.78 Å². The van der Waals surface area contributed by atoms with Crippen molar-refractivity contribution in [1.29, 1.82) is 0 Å². The van der Waals surface area contributed by atoms with Crippen LogP contribution in [0.5, 0.6) is 28.7 Å². The van der Waals surface area contributed by atoms with Crippen LogP contribution in [0.3, 0.4) is 0 Å². The van der Waals surface area contributed by atoms with Crippen molar-refractivity contribution in [2.24, 2.45) is 0 Å². The highest BCUT2D eigenvalue weighted by Crippen LogP contribution is 2.44. The van der Waals surface area contributed by atoms with Crippen LogP contribution >= 0.6 is 0 Å². The molecule has 0 unspecified atom stereocenters. The van der Waals surface area contributed by atoms with Gasteiger partial charge in [0, 0.05) is 12.1 Å². The average molecular weight is 613 g/mol. The lowest BCUT2D eigenvalue weighted by molar-refractivity contribution is -0.277. The van der Waals surface area contributed by atoms with Crippen LogP contribution in [-0.4, -0.2) is 131 Å². The lowest BCUT2D eigenvalue weighted by Gasteiger charge is -2.39. The maximum atomic E-state index is 12.9. The molecule has 0 spiro atoms. The molecule has 2 aromatic carbocycles. The van der Waals surface area contributed by atoms with Gasteiger partial charge in [-0.3, -0.25) is 4.79 Å². The number of hydrogen-bond acceptors (Lipinski definition) is 16. The summed E-state index contributed by atoms with van der Waals surface area (Å²) in [5.74, 6) is -1.92. The van der Waals surface area contributed by atoms with E-state index in [2.05, 4.69) is 0 Å². The molecular weight excluding hydrogens is 580 g/mol. The van der Waals surface area contributed by atoms with Gasteiger partial charge in [-0.2, -0.15) is 0 Å². The molecule has 11 atom stereocenters. The number of aliphatic hydroxyl groups is 8. The number of phenols is 2. The van der Waals surface area contributed by atoms with Crippen LogP contribution in [0, 0.1) is 0 Å². The highest BCUT2D eigenvalue weighted by Gasteiger charge is 2.46. The van der Waals surface area contributed by atoms with E-state index in [-0.39, 0.29) is 29.2 Å². The molecule has 43 heavy (non-hydrogen) atoms. The van der Waals surface area contributed by atoms with Crippen molar-refractivity contribution in [2.45, 2.75) is 73.9 Å². The summed E-state index contributed by atoms with van der Waals surface area (Å²) in [7, 11) is 0. The van der Waals surface area contributed by atoms with E-state index in [1.165, 1.54) is 24.3 Å². The molecule has 3 aliphatic heterocycles. The largest absolute Gasteiger partial charge is 0.507 e. The van der Waals surface area contributed by atoms with Gasteiger partial charge >= 0.3 is 0 Å². The van der Waals surface area contributed by atoms with Crippen molar-refractivity contribution in [3.8, 4) is 28.7 Å². The fraction of sp³-hybridized carbons (Fsp3) is 0.519. The van der Waals surface area contributed by atoms with Crippen LogP contribution in [0.4, 0.5) is 0 Å². The van der Waals surface area contributed by atoms with E-state index < -0.39 is 98.0 Å². The number of hydrogen-bond donors (Lipinski definition) is 10. The van der Waals surface area contributed by atoms with Gasteiger partial charge in [0.25, 0.3) is 0 Å². The second kappa shape index (κ2) is 12.4. The van der Waals surface area contributed by atoms with Crippen LogP contribution in [0.25, 0.3) is 0 Å². The fourth-order valence-electron chi connectivity index (χ4n) is 5.09. The number of phenolic OH excluding ortho intramolecular Hbond substituents is 2. The summed E-state index contributed by atoms with van der Waals surface area (Å²) in [6.07, 6.45) is -16.8. The van der Waals surface area contributed by atoms with Crippen LogP contribution in [0.2, 0.25) is 0 Å². The van der Waals surface area contributed by atoms with E-state index in [0.717, 1.165) is 6.07 Å². The van der Waals surface area contributed by atoms with Crippen molar-refractivity contribution < 1.29 is 79.5 Å². The molecule has 10 N–H and O–H groups in total. The zero-order valence-electron chi connectivity index (χ0n) is 22.3. The molecule has 236 valence electrons. The van der Waals surface area contributed by atoms with Gasteiger partial charge < -0.3 is 74.7 Å². The van der Waals surface area contributed by atoms with Crippen LogP contribution < -0.4 is 14.2 Å².